The molecule has 1 aromatic rings. The van der Waals surface area contributed by atoms with Crippen LogP contribution in [0.3, 0.4) is 0 Å². The van der Waals surface area contributed by atoms with Gasteiger partial charge in [0.1, 0.15) is 0 Å². The first-order valence-electron chi connectivity index (χ1n) is 9.98. The smallest absolute Gasteiger partial charge is 0.254 e. The van der Waals surface area contributed by atoms with Gasteiger partial charge in [-0.15, -0.1) is 0 Å². The first-order valence-corrected chi connectivity index (χ1v) is 9.98. The summed E-state index contributed by atoms with van der Waals surface area (Å²) >= 11 is 0. The second-order valence-corrected chi connectivity index (χ2v) is 8.16. The van der Waals surface area contributed by atoms with Crippen LogP contribution < -0.4 is 0 Å². The van der Waals surface area contributed by atoms with Crippen LogP contribution in [0.1, 0.15) is 48.5 Å². The van der Waals surface area contributed by atoms with Crippen LogP contribution in [-0.4, -0.2) is 65.3 Å². The SMILES string of the molecule is CC(=O)N1C[C@H]2CC[C@@H](C1)N(C(=O)c1ccc(CN3CCCC3)cc1)C2. The molecule has 5 heteroatoms. The summed E-state index contributed by atoms with van der Waals surface area (Å²) < 4.78 is 0. The molecule has 0 radical (unpaired) electrons. The fraction of sp³-hybridized carbons (Fsp3) is 0.619. The molecule has 0 unspecified atom stereocenters. The van der Waals surface area contributed by atoms with Crippen LogP contribution in [0.15, 0.2) is 24.3 Å². The van der Waals surface area contributed by atoms with Gasteiger partial charge in [-0.2, -0.15) is 0 Å². The van der Waals surface area contributed by atoms with Gasteiger partial charge in [0, 0.05) is 44.7 Å². The van der Waals surface area contributed by atoms with E-state index in [0.29, 0.717) is 12.5 Å². The molecule has 140 valence electrons. The molecule has 0 saturated carbocycles. The van der Waals surface area contributed by atoms with Crippen LogP contribution in [0.4, 0.5) is 0 Å². The zero-order chi connectivity index (χ0) is 18.1. The predicted octanol–water partition coefficient (Wildman–Crippen LogP) is 2.37. The van der Waals surface area contributed by atoms with Crippen molar-refractivity contribution in [3.8, 4) is 0 Å². The molecule has 4 heterocycles. The molecule has 4 fully saturated rings. The van der Waals surface area contributed by atoms with E-state index in [2.05, 4.69) is 17.0 Å². The zero-order valence-electron chi connectivity index (χ0n) is 15.7. The molecule has 5 rings (SSSR count). The predicted molar refractivity (Wildman–Crippen MR) is 101 cm³/mol. The van der Waals surface area contributed by atoms with Gasteiger partial charge < -0.3 is 9.80 Å². The van der Waals surface area contributed by atoms with Crippen molar-refractivity contribution >= 4 is 11.8 Å². The van der Waals surface area contributed by atoms with E-state index in [9.17, 15) is 9.59 Å². The van der Waals surface area contributed by atoms with Crippen LogP contribution in [0.2, 0.25) is 0 Å². The highest BCUT2D eigenvalue weighted by Crippen LogP contribution is 2.29. The van der Waals surface area contributed by atoms with E-state index in [1.165, 1.54) is 31.5 Å². The van der Waals surface area contributed by atoms with E-state index in [1.807, 2.05) is 21.9 Å². The molecule has 2 amide bonds. The lowest BCUT2D eigenvalue weighted by molar-refractivity contribution is -0.129. The van der Waals surface area contributed by atoms with Crippen molar-refractivity contribution in [1.29, 1.82) is 0 Å². The average Bonchev–Trinajstić information content (AvgIpc) is 2.97. The lowest BCUT2D eigenvalue weighted by atomic mass is 9.94. The van der Waals surface area contributed by atoms with Crippen molar-refractivity contribution in [1.82, 2.24) is 14.7 Å². The molecule has 2 bridgehead atoms. The van der Waals surface area contributed by atoms with Crippen LogP contribution in [0.25, 0.3) is 0 Å². The molecule has 4 aliphatic heterocycles. The summed E-state index contributed by atoms with van der Waals surface area (Å²) in [4.78, 5) is 31.3. The lowest BCUT2D eigenvalue weighted by Crippen LogP contribution is -2.47. The zero-order valence-corrected chi connectivity index (χ0v) is 15.7. The van der Waals surface area contributed by atoms with E-state index in [-0.39, 0.29) is 17.9 Å². The van der Waals surface area contributed by atoms with Crippen LogP contribution >= 0.6 is 0 Å². The maximum absolute atomic E-state index is 13.1. The monoisotopic (exact) mass is 355 g/mol. The second kappa shape index (κ2) is 7.39. The number of piperidine rings is 1. The van der Waals surface area contributed by atoms with E-state index in [4.69, 9.17) is 0 Å². The Labute approximate surface area is 155 Å². The van der Waals surface area contributed by atoms with Gasteiger partial charge in [0.15, 0.2) is 0 Å². The largest absolute Gasteiger partial charge is 0.341 e. The van der Waals surface area contributed by atoms with E-state index in [1.54, 1.807) is 6.92 Å². The highest BCUT2D eigenvalue weighted by atomic mass is 16.2. The summed E-state index contributed by atoms with van der Waals surface area (Å²) in [6, 6.07) is 8.33. The number of fused-ring (bicyclic) bond motifs is 4. The van der Waals surface area contributed by atoms with E-state index < -0.39 is 0 Å². The molecule has 0 aromatic heterocycles. The molecular weight excluding hydrogens is 326 g/mol. The summed E-state index contributed by atoms with van der Waals surface area (Å²) in [7, 11) is 0. The standard InChI is InChI=1S/C21H29N3O2/c1-16(25)23-13-18-6-9-20(15-23)24(14-18)21(26)19-7-4-17(5-8-19)12-22-10-2-3-11-22/h4-5,7-8,18,20H,2-3,6,9-15H2,1H3/t18-,20+/m1/s1. The number of rotatable bonds is 3. The molecule has 0 N–H and O–H groups in total. The molecule has 4 saturated heterocycles. The summed E-state index contributed by atoms with van der Waals surface area (Å²) in [6.07, 6.45) is 4.72. The Bertz CT molecular complexity index is 666. The minimum Gasteiger partial charge on any atom is -0.341 e. The van der Waals surface area contributed by atoms with Gasteiger partial charge in [-0.25, -0.2) is 0 Å². The van der Waals surface area contributed by atoms with E-state index in [0.717, 1.165) is 38.0 Å². The van der Waals surface area contributed by atoms with Crippen molar-refractivity contribution in [2.75, 3.05) is 32.7 Å². The van der Waals surface area contributed by atoms with Crippen LogP contribution in [-0.2, 0) is 11.3 Å². The molecular formula is C21H29N3O2. The van der Waals surface area contributed by atoms with Gasteiger partial charge >= 0.3 is 0 Å². The van der Waals surface area contributed by atoms with E-state index >= 15 is 0 Å². The second-order valence-electron chi connectivity index (χ2n) is 8.16. The first kappa shape index (κ1) is 17.5. The van der Waals surface area contributed by atoms with Crippen molar-refractivity contribution in [3.63, 3.8) is 0 Å². The quantitative estimate of drug-likeness (QED) is 0.836. The van der Waals surface area contributed by atoms with Gasteiger partial charge in [-0.3, -0.25) is 14.5 Å². The van der Waals surface area contributed by atoms with Crippen molar-refractivity contribution in [2.45, 2.75) is 45.2 Å². The highest BCUT2D eigenvalue weighted by molar-refractivity contribution is 5.94. The minimum absolute atomic E-state index is 0.123. The summed E-state index contributed by atoms with van der Waals surface area (Å²) in [5.41, 5.74) is 2.06. The molecule has 0 spiro atoms. The van der Waals surface area contributed by atoms with Gasteiger partial charge in [0.2, 0.25) is 5.91 Å². The van der Waals surface area contributed by atoms with Gasteiger partial charge in [-0.05, 0) is 62.4 Å². The topological polar surface area (TPSA) is 43.9 Å². The van der Waals surface area contributed by atoms with Crippen molar-refractivity contribution in [3.05, 3.63) is 35.4 Å². The number of hydrogen-bond donors (Lipinski definition) is 0. The fourth-order valence-electron chi connectivity index (χ4n) is 4.71. The summed E-state index contributed by atoms with van der Waals surface area (Å²) in [5, 5.41) is 0. The molecule has 5 nitrogen and oxygen atoms in total. The third kappa shape index (κ3) is 3.63. The van der Waals surface area contributed by atoms with Gasteiger partial charge in [0.25, 0.3) is 5.91 Å². The van der Waals surface area contributed by atoms with Gasteiger partial charge in [-0.1, -0.05) is 12.1 Å². The molecule has 4 aliphatic rings. The van der Waals surface area contributed by atoms with Gasteiger partial charge in [0.05, 0.1) is 0 Å². The Morgan fingerprint density at radius 3 is 2.42 bits per heavy atom. The highest BCUT2D eigenvalue weighted by Gasteiger charge is 2.38. The van der Waals surface area contributed by atoms with Crippen LogP contribution in [0, 0.1) is 5.92 Å². The molecule has 1 aromatic carbocycles. The first-order chi connectivity index (χ1) is 12.6. The molecule has 26 heavy (non-hydrogen) atoms. The Balaban J connectivity index is 1.44. The number of benzene rings is 1. The third-order valence-corrected chi connectivity index (χ3v) is 6.23. The maximum atomic E-state index is 13.1. The summed E-state index contributed by atoms with van der Waals surface area (Å²) in [6.45, 7) is 7.25. The Kier molecular flexibility index (Phi) is 4.98. The minimum atomic E-state index is 0.123. The Morgan fingerprint density at radius 1 is 1.00 bits per heavy atom. The third-order valence-electron chi connectivity index (χ3n) is 6.23. The van der Waals surface area contributed by atoms with Crippen LogP contribution in [0.5, 0.6) is 0 Å². The average molecular weight is 355 g/mol. The maximum Gasteiger partial charge on any atom is 0.254 e. The number of likely N-dealkylation sites (tertiary alicyclic amines) is 1. The lowest BCUT2D eigenvalue weighted by Gasteiger charge is -2.36. The Morgan fingerprint density at radius 2 is 1.73 bits per heavy atom. The number of carbonyl (C=O) groups excluding carboxylic acids is 2. The normalized spacial score (nSPS) is 26.2. The Hall–Kier alpha value is -1.88. The van der Waals surface area contributed by atoms with Crippen molar-refractivity contribution < 1.29 is 9.59 Å². The molecule has 0 aliphatic carbocycles. The number of amides is 2. The summed E-state index contributed by atoms with van der Waals surface area (Å²) in [5.74, 6) is 0.663. The fourth-order valence-corrected chi connectivity index (χ4v) is 4.71. The number of nitrogens with zero attached hydrogens (tertiary/aromatic N) is 3. The number of carbonyl (C=O) groups is 2. The van der Waals surface area contributed by atoms with Crippen molar-refractivity contribution in [2.24, 2.45) is 5.92 Å². The number of hydrogen-bond acceptors (Lipinski definition) is 3. The molecule has 2 atom stereocenters.